The number of aryl methyl sites for hydroxylation is 1. The van der Waals surface area contributed by atoms with Crippen molar-refractivity contribution in [2.75, 3.05) is 26.7 Å². The highest BCUT2D eigenvalue weighted by Crippen LogP contribution is 2.20. The monoisotopic (exact) mass is 290 g/mol. The van der Waals surface area contributed by atoms with Crippen molar-refractivity contribution in [3.8, 4) is 5.75 Å². The van der Waals surface area contributed by atoms with E-state index in [1.54, 1.807) is 0 Å². The molecule has 116 valence electrons. The van der Waals surface area contributed by atoms with Gasteiger partial charge >= 0.3 is 0 Å². The summed E-state index contributed by atoms with van der Waals surface area (Å²) >= 11 is 0. The first kappa shape index (κ1) is 15.8. The summed E-state index contributed by atoms with van der Waals surface area (Å²) in [5, 5.41) is 3.32. The second-order valence-corrected chi connectivity index (χ2v) is 5.78. The first-order valence-corrected chi connectivity index (χ1v) is 7.75. The SMILES string of the molecule is Cc1cccc(OCCC(=O)N(C)C2CCNCC2)c1C. The van der Waals surface area contributed by atoms with E-state index in [0.29, 0.717) is 19.1 Å². The Kier molecular flexibility index (Phi) is 5.62. The van der Waals surface area contributed by atoms with E-state index in [0.717, 1.165) is 37.2 Å². The van der Waals surface area contributed by atoms with E-state index in [1.807, 2.05) is 31.0 Å². The number of rotatable bonds is 5. The van der Waals surface area contributed by atoms with E-state index in [-0.39, 0.29) is 5.91 Å². The number of amides is 1. The lowest BCUT2D eigenvalue weighted by Crippen LogP contribution is -2.44. The molecule has 0 spiro atoms. The van der Waals surface area contributed by atoms with Crippen LogP contribution in [0.25, 0.3) is 0 Å². The molecule has 0 bridgehead atoms. The Morgan fingerprint density at radius 2 is 2.05 bits per heavy atom. The minimum absolute atomic E-state index is 0.173. The van der Waals surface area contributed by atoms with Crippen molar-refractivity contribution in [3.05, 3.63) is 29.3 Å². The Morgan fingerprint density at radius 3 is 2.76 bits per heavy atom. The van der Waals surface area contributed by atoms with Crippen LogP contribution in [-0.4, -0.2) is 43.6 Å². The number of nitrogens with one attached hydrogen (secondary N) is 1. The molecule has 1 saturated heterocycles. The Hall–Kier alpha value is -1.55. The van der Waals surface area contributed by atoms with Crippen LogP contribution < -0.4 is 10.1 Å². The highest BCUT2D eigenvalue weighted by molar-refractivity contribution is 5.76. The fourth-order valence-electron chi connectivity index (χ4n) is 2.70. The lowest BCUT2D eigenvalue weighted by atomic mass is 10.1. The first-order valence-electron chi connectivity index (χ1n) is 7.75. The van der Waals surface area contributed by atoms with Gasteiger partial charge in [-0.15, -0.1) is 0 Å². The van der Waals surface area contributed by atoms with E-state index in [9.17, 15) is 4.79 Å². The molecule has 4 nitrogen and oxygen atoms in total. The van der Waals surface area contributed by atoms with Gasteiger partial charge in [0.1, 0.15) is 5.75 Å². The summed E-state index contributed by atoms with van der Waals surface area (Å²) in [5.41, 5.74) is 2.36. The van der Waals surface area contributed by atoms with Gasteiger partial charge in [0, 0.05) is 13.1 Å². The zero-order valence-electron chi connectivity index (χ0n) is 13.3. The van der Waals surface area contributed by atoms with Crippen LogP contribution in [0.3, 0.4) is 0 Å². The molecule has 1 aromatic carbocycles. The van der Waals surface area contributed by atoms with Crippen molar-refractivity contribution in [1.29, 1.82) is 0 Å². The molecular weight excluding hydrogens is 264 g/mol. The Bertz CT molecular complexity index is 482. The predicted molar refractivity (Wildman–Crippen MR) is 84.7 cm³/mol. The molecule has 1 aromatic rings. The van der Waals surface area contributed by atoms with Gasteiger partial charge in [0.15, 0.2) is 0 Å². The summed E-state index contributed by atoms with van der Waals surface area (Å²) in [5.74, 6) is 1.06. The first-order chi connectivity index (χ1) is 10.1. The summed E-state index contributed by atoms with van der Waals surface area (Å²) in [6.07, 6.45) is 2.52. The smallest absolute Gasteiger partial charge is 0.225 e. The van der Waals surface area contributed by atoms with Crippen molar-refractivity contribution >= 4 is 5.91 Å². The Labute approximate surface area is 127 Å². The molecule has 1 aliphatic heterocycles. The topological polar surface area (TPSA) is 41.6 Å². The second-order valence-electron chi connectivity index (χ2n) is 5.78. The van der Waals surface area contributed by atoms with Crippen LogP contribution in [0.1, 0.15) is 30.4 Å². The quantitative estimate of drug-likeness (QED) is 0.904. The van der Waals surface area contributed by atoms with E-state index < -0.39 is 0 Å². The highest BCUT2D eigenvalue weighted by atomic mass is 16.5. The van der Waals surface area contributed by atoms with Crippen LogP contribution in [-0.2, 0) is 4.79 Å². The van der Waals surface area contributed by atoms with Gasteiger partial charge in [-0.05, 0) is 57.0 Å². The fraction of sp³-hybridized carbons (Fsp3) is 0.588. The lowest BCUT2D eigenvalue weighted by molar-refractivity contribution is -0.132. The number of carbonyl (C=O) groups excluding carboxylic acids is 1. The van der Waals surface area contributed by atoms with Gasteiger partial charge in [-0.3, -0.25) is 4.79 Å². The number of piperidine rings is 1. The highest BCUT2D eigenvalue weighted by Gasteiger charge is 2.21. The molecule has 0 aromatic heterocycles. The second kappa shape index (κ2) is 7.46. The van der Waals surface area contributed by atoms with E-state index in [1.165, 1.54) is 5.56 Å². The van der Waals surface area contributed by atoms with Crippen LogP contribution in [0.5, 0.6) is 5.75 Å². The van der Waals surface area contributed by atoms with Crippen LogP contribution >= 0.6 is 0 Å². The molecular formula is C17H26N2O2. The molecule has 1 fully saturated rings. The minimum atomic E-state index is 0.173. The van der Waals surface area contributed by atoms with Crippen molar-refractivity contribution in [3.63, 3.8) is 0 Å². The zero-order valence-corrected chi connectivity index (χ0v) is 13.3. The third kappa shape index (κ3) is 4.21. The standard InChI is InChI=1S/C17H26N2O2/c1-13-5-4-6-16(14(13)2)21-12-9-17(20)19(3)15-7-10-18-11-8-15/h4-6,15,18H,7-12H2,1-3H3. The van der Waals surface area contributed by atoms with Crippen LogP contribution in [0.4, 0.5) is 0 Å². The van der Waals surface area contributed by atoms with Crippen molar-refractivity contribution < 1.29 is 9.53 Å². The molecule has 0 aliphatic carbocycles. The lowest BCUT2D eigenvalue weighted by Gasteiger charge is -2.31. The minimum Gasteiger partial charge on any atom is -0.493 e. The number of benzene rings is 1. The zero-order chi connectivity index (χ0) is 15.2. The van der Waals surface area contributed by atoms with Gasteiger partial charge in [0.05, 0.1) is 13.0 Å². The Morgan fingerprint density at radius 1 is 1.33 bits per heavy atom. The number of hydrogen-bond acceptors (Lipinski definition) is 3. The largest absolute Gasteiger partial charge is 0.493 e. The van der Waals surface area contributed by atoms with E-state index in [4.69, 9.17) is 4.74 Å². The molecule has 0 unspecified atom stereocenters. The van der Waals surface area contributed by atoms with Gasteiger partial charge in [-0.2, -0.15) is 0 Å². The maximum absolute atomic E-state index is 12.2. The molecule has 1 amide bonds. The maximum atomic E-state index is 12.2. The van der Waals surface area contributed by atoms with Crippen molar-refractivity contribution in [1.82, 2.24) is 10.2 Å². The average molecular weight is 290 g/mol. The van der Waals surface area contributed by atoms with Crippen LogP contribution in [0.15, 0.2) is 18.2 Å². The molecule has 1 N–H and O–H groups in total. The molecule has 0 radical (unpaired) electrons. The third-order valence-electron chi connectivity index (χ3n) is 4.38. The number of carbonyl (C=O) groups is 1. The predicted octanol–water partition coefficient (Wildman–Crippen LogP) is 2.28. The molecule has 0 saturated carbocycles. The van der Waals surface area contributed by atoms with Crippen LogP contribution in [0.2, 0.25) is 0 Å². The third-order valence-corrected chi connectivity index (χ3v) is 4.38. The Balaban J connectivity index is 1.79. The molecule has 0 atom stereocenters. The number of nitrogens with zero attached hydrogens (tertiary/aromatic N) is 1. The van der Waals surface area contributed by atoms with Crippen molar-refractivity contribution in [2.24, 2.45) is 0 Å². The summed E-state index contributed by atoms with van der Waals surface area (Å²) in [4.78, 5) is 14.1. The summed E-state index contributed by atoms with van der Waals surface area (Å²) in [6.45, 7) is 6.56. The summed E-state index contributed by atoms with van der Waals surface area (Å²) < 4.78 is 5.77. The normalized spacial score (nSPS) is 15.8. The molecule has 1 heterocycles. The number of hydrogen-bond donors (Lipinski definition) is 1. The molecule has 1 aliphatic rings. The van der Waals surface area contributed by atoms with Gasteiger partial charge in [0.25, 0.3) is 0 Å². The summed E-state index contributed by atoms with van der Waals surface area (Å²) in [6, 6.07) is 6.39. The number of ether oxygens (including phenoxy) is 1. The van der Waals surface area contributed by atoms with Gasteiger partial charge in [-0.25, -0.2) is 0 Å². The van der Waals surface area contributed by atoms with Gasteiger partial charge in [0.2, 0.25) is 5.91 Å². The van der Waals surface area contributed by atoms with Gasteiger partial charge < -0.3 is 15.0 Å². The molecule has 4 heteroatoms. The van der Waals surface area contributed by atoms with Gasteiger partial charge in [-0.1, -0.05) is 12.1 Å². The molecule has 2 rings (SSSR count). The molecule has 21 heavy (non-hydrogen) atoms. The van der Waals surface area contributed by atoms with Crippen LogP contribution in [0, 0.1) is 13.8 Å². The average Bonchev–Trinajstić information content (AvgIpc) is 2.51. The van der Waals surface area contributed by atoms with E-state index in [2.05, 4.69) is 18.3 Å². The maximum Gasteiger partial charge on any atom is 0.225 e. The fourth-order valence-corrected chi connectivity index (χ4v) is 2.70. The van der Waals surface area contributed by atoms with E-state index >= 15 is 0 Å². The van der Waals surface area contributed by atoms with Crippen molar-refractivity contribution in [2.45, 2.75) is 39.2 Å². The summed E-state index contributed by atoms with van der Waals surface area (Å²) in [7, 11) is 1.91.